The number of aromatic nitrogens is 2. The van der Waals surface area contributed by atoms with Gasteiger partial charge in [0.05, 0.1) is 23.5 Å². The van der Waals surface area contributed by atoms with Gasteiger partial charge in [-0.25, -0.2) is 9.78 Å². The van der Waals surface area contributed by atoms with Gasteiger partial charge in [-0.1, -0.05) is 6.92 Å². The van der Waals surface area contributed by atoms with Crippen molar-refractivity contribution in [1.82, 2.24) is 9.55 Å². The summed E-state index contributed by atoms with van der Waals surface area (Å²) in [6.07, 6.45) is 0.110. The number of pyridine rings is 2. The van der Waals surface area contributed by atoms with E-state index in [0.29, 0.717) is 59.3 Å². The second kappa shape index (κ2) is 5.82. The maximum Gasteiger partial charge on any atom is 0.343 e. The Kier molecular flexibility index (Phi) is 3.39. The first-order valence-corrected chi connectivity index (χ1v) is 9.90. The molecule has 6 rings (SSSR count). The van der Waals surface area contributed by atoms with Gasteiger partial charge in [0.2, 0.25) is 0 Å². The first kappa shape index (κ1) is 17.5. The van der Waals surface area contributed by atoms with Crippen molar-refractivity contribution < 1.29 is 24.1 Å². The van der Waals surface area contributed by atoms with Crippen LogP contribution in [0.15, 0.2) is 29.1 Å². The Morgan fingerprint density at radius 2 is 2.00 bits per heavy atom. The lowest BCUT2D eigenvalue weighted by atomic mass is 9.86. The molecule has 152 valence electrons. The van der Waals surface area contributed by atoms with Gasteiger partial charge in [0.25, 0.3) is 5.56 Å². The van der Waals surface area contributed by atoms with E-state index >= 15 is 0 Å². The molecule has 30 heavy (non-hydrogen) atoms. The van der Waals surface area contributed by atoms with Crippen LogP contribution in [0.4, 0.5) is 0 Å². The number of carbonyl (C=O) groups excluding carboxylic acids is 1. The lowest BCUT2D eigenvalue weighted by Crippen LogP contribution is -2.44. The van der Waals surface area contributed by atoms with Crippen LogP contribution in [0.5, 0.6) is 11.5 Å². The van der Waals surface area contributed by atoms with Crippen LogP contribution in [0.25, 0.3) is 22.3 Å². The third kappa shape index (κ3) is 2.11. The Labute approximate surface area is 170 Å². The average molecular weight is 406 g/mol. The van der Waals surface area contributed by atoms with Crippen molar-refractivity contribution in [2.75, 3.05) is 13.2 Å². The topological polar surface area (TPSA) is 99.9 Å². The highest BCUT2D eigenvalue weighted by Crippen LogP contribution is 2.42. The van der Waals surface area contributed by atoms with Crippen LogP contribution in [0.2, 0.25) is 0 Å². The minimum absolute atomic E-state index is 0.110. The van der Waals surface area contributed by atoms with Gasteiger partial charge < -0.3 is 23.9 Å². The van der Waals surface area contributed by atoms with Crippen molar-refractivity contribution >= 4 is 16.9 Å². The number of benzene rings is 1. The van der Waals surface area contributed by atoms with Crippen LogP contribution in [0.3, 0.4) is 0 Å². The predicted molar refractivity (Wildman–Crippen MR) is 106 cm³/mol. The zero-order valence-electron chi connectivity index (χ0n) is 16.2. The van der Waals surface area contributed by atoms with E-state index in [1.54, 1.807) is 17.6 Å². The summed E-state index contributed by atoms with van der Waals surface area (Å²) in [4.78, 5) is 30.3. The van der Waals surface area contributed by atoms with Crippen LogP contribution < -0.4 is 15.0 Å². The summed E-state index contributed by atoms with van der Waals surface area (Å²) in [6, 6.07) is 7.49. The zero-order valence-corrected chi connectivity index (χ0v) is 16.2. The standard InChI is InChI=1S/C22H18N2O6/c1-2-22(27)14-8-15-17-12(9-24(15)20(25)13(14)10-30-21(22)26)7-11-3-4-16-19(18(11)23-17)29-6-5-28-16/h3-4,7-8,27H,2,5-6,9-10H2,1H3/t22-/m0/s1. The van der Waals surface area contributed by atoms with Crippen molar-refractivity contribution in [2.24, 2.45) is 0 Å². The van der Waals surface area contributed by atoms with Crippen molar-refractivity contribution in [3.63, 3.8) is 0 Å². The number of carbonyl (C=O) groups is 1. The molecule has 3 aliphatic rings. The van der Waals surface area contributed by atoms with Gasteiger partial charge in [-0.05, 0) is 30.7 Å². The highest BCUT2D eigenvalue weighted by atomic mass is 16.6. The molecule has 1 aromatic carbocycles. The Bertz CT molecular complexity index is 1330. The lowest BCUT2D eigenvalue weighted by Gasteiger charge is -2.31. The number of aliphatic hydroxyl groups is 1. The Balaban J connectivity index is 1.62. The van der Waals surface area contributed by atoms with E-state index in [1.165, 1.54) is 0 Å². The zero-order chi connectivity index (χ0) is 20.6. The maximum atomic E-state index is 13.2. The van der Waals surface area contributed by atoms with Crippen molar-refractivity contribution in [1.29, 1.82) is 0 Å². The molecule has 0 bridgehead atoms. The molecule has 0 unspecified atom stereocenters. The number of ether oxygens (including phenoxy) is 3. The molecular formula is C22H18N2O6. The molecule has 1 atom stereocenters. The second-order valence-electron chi connectivity index (χ2n) is 7.76. The molecule has 0 fully saturated rings. The van der Waals surface area contributed by atoms with Crippen molar-refractivity contribution in [2.45, 2.75) is 32.1 Å². The van der Waals surface area contributed by atoms with Crippen LogP contribution >= 0.6 is 0 Å². The third-order valence-electron chi connectivity index (χ3n) is 6.19. The molecule has 0 radical (unpaired) electrons. The van der Waals surface area contributed by atoms with Crippen LogP contribution in [-0.2, 0) is 28.3 Å². The van der Waals surface area contributed by atoms with E-state index in [2.05, 4.69) is 0 Å². The van der Waals surface area contributed by atoms with Crippen LogP contribution in [0, 0.1) is 0 Å². The molecule has 0 amide bonds. The second-order valence-corrected chi connectivity index (χ2v) is 7.76. The molecule has 0 saturated carbocycles. The lowest BCUT2D eigenvalue weighted by molar-refractivity contribution is -0.172. The fraction of sp³-hybridized carbons (Fsp3) is 0.318. The van der Waals surface area contributed by atoms with Gasteiger partial charge in [-0.3, -0.25) is 4.79 Å². The summed E-state index contributed by atoms with van der Waals surface area (Å²) in [5.41, 5.74) is 1.29. The number of esters is 1. The van der Waals surface area contributed by atoms with Gasteiger partial charge in [0.1, 0.15) is 25.3 Å². The van der Waals surface area contributed by atoms with Gasteiger partial charge in [-0.2, -0.15) is 0 Å². The number of rotatable bonds is 1. The van der Waals surface area contributed by atoms with Crippen LogP contribution in [-0.4, -0.2) is 33.8 Å². The molecule has 3 aliphatic heterocycles. The first-order valence-electron chi connectivity index (χ1n) is 9.90. The number of fused-ring (bicyclic) bond motifs is 7. The first-order chi connectivity index (χ1) is 14.5. The summed E-state index contributed by atoms with van der Waals surface area (Å²) in [5, 5.41) is 11.9. The molecule has 8 heteroatoms. The molecule has 3 aromatic rings. The fourth-order valence-electron chi connectivity index (χ4n) is 4.55. The largest absolute Gasteiger partial charge is 0.486 e. The smallest absolute Gasteiger partial charge is 0.343 e. The van der Waals surface area contributed by atoms with E-state index in [1.807, 2.05) is 18.2 Å². The van der Waals surface area contributed by atoms with Gasteiger partial charge in [0, 0.05) is 16.5 Å². The number of nitrogens with zero attached hydrogens (tertiary/aromatic N) is 2. The molecule has 8 nitrogen and oxygen atoms in total. The highest BCUT2D eigenvalue weighted by molar-refractivity contribution is 5.91. The molecule has 0 saturated heterocycles. The van der Waals surface area contributed by atoms with Gasteiger partial charge in [-0.15, -0.1) is 0 Å². The summed E-state index contributed by atoms with van der Waals surface area (Å²) in [5.74, 6) is 0.505. The molecule has 0 aliphatic carbocycles. The Morgan fingerprint density at radius 3 is 2.83 bits per heavy atom. The molecule has 1 N–H and O–H groups in total. The Hall–Kier alpha value is -3.39. The van der Waals surface area contributed by atoms with Crippen LogP contribution in [0.1, 0.15) is 30.0 Å². The van der Waals surface area contributed by atoms with E-state index in [0.717, 1.165) is 10.9 Å². The van der Waals surface area contributed by atoms with E-state index in [4.69, 9.17) is 19.2 Å². The van der Waals surface area contributed by atoms with Gasteiger partial charge in [0.15, 0.2) is 17.1 Å². The minimum Gasteiger partial charge on any atom is -0.486 e. The SMILES string of the molecule is CC[C@@]1(O)C(=O)OCc2c1cc1n(c2=O)Cc2cc3ccc4c(c3nc2-1)OCCO4. The summed E-state index contributed by atoms with van der Waals surface area (Å²) < 4.78 is 18.2. The maximum absolute atomic E-state index is 13.2. The number of cyclic esters (lactones) is 1. The molecule has 5 heterocycles. The number of hydrogen-bond donors (Lipinski definition) is 1. The third-order valence-corrected chi connectivity index (χ3v) is 6.19. The minimum atomic E-state index is -1.84. The summed E-state index contributed by atoms with van der Waals surface area (Å²) >= 11 is 0. The van der Waals surface area contributed by atoms with Crippen molar-refractivity contribution in [3.8, 4) is 22.9 Å². The van der Waals surface area contributed by atoms with Crippen molar-refractivity contribution in [3.05, 3.63) is 51.3 Å². The molecule has 0 spiro atoms. The highest BCUT2D eigenvalue weighted by Gasteiger charge is 2.45. The fourth-order valence-corrected chi connectivity index (χ4v) is 4.55. The Morgan fingerprint density at radius 1 is 1.17 bits per heavy atom. The molecular weight excluding hydrogens is 388 g/mol. The predicted octanol–water partition coefficient (Wildman–Crippen LogP) is 1.85. The quantitative estimate of drug-likeness (QED) is 0.482. The monoisotopic (exact) mass is 406 g/mol. The molecule has 2 aromatic heterocycles. The summed E-state index contributed by atoms with van der Waals surface area (Å²) in [6.45, 7) is 2.84. The van der Waals surface area contributed by atoms with Gasteiger partial charge >= 0.3 is 5.97 Å². The average Bonchev–Trinajstić information content (AvgIpc) is 3.13. The van der Waals surface area contributed by atoms with E-state index in [-0.39, 0.29) is 18.6 Å². The number of hydrogen-bond acceptors (Lipinski definition) is 7. The van der Waals surface area contributed by atoms with E-state index in [9.17, 15) is 14.7 Å². The normalized spacial score (nSPS) is 21.1. The van der Waals surface area contributed by atoms with E-state index < -0.39 is 11.6 Å². The summed E-state index contributed by atoms with van der Waals surface area (Å²) in [7, 11) is 0.